The van der Waals surface area contributed by atoms with Gasteiger partial charge in [0, 0.05) is 6.61 Å². The molecule has 2 aliphatic rings. The predicted molar refractivity (Wildman–Crippen MR) is 113 cm³/mol. The van der Waals surface area contributed by atoms with Gasteiger partial charge in [-0.2, -0.15) is 0 Å². The van der Waals surface area contributed by atoms with Crippen LogP contribution in [0.15, 0.2) is 30.3 Å². The molecule has 2 fully saturated rings. The molecule has 2 aliphatic heterocycles. The van der Waals surface area contributed by atoms with Crippen LogP contribution in [0.5, 0.6) is 0 Å². The molecule has 0 spiro atoms. The van der Waals surface area contributed by atoms with Gasteiger partial charge in [0.2, 0.25) is 5.91 Å². The van der Waals surface area contributed by atoms with E-state index < -0.39 is 30.1 Å². The molecule has 8 heteroatoms. The Morgan fingerprint density at radius 1 is 1.29 bits per heavy atom. The van der Waals surface area contributed by atoms with Crippen molar-refractivity contribution in [2.75, 3.05) is 19.8 Å². The molecule has 3 unspecified atom stereocenters. The van der Waals surface area contributed by atoms with Crippen LogP contribution in [-0.2, 0) is 30.3 Å². The molecule has 31 heavy (non-hydrogen) atoms. The van der Waals surface area contributed by atoms with Gasteiger partial charge in [-0.15, -0.1) is 0 Å². The van der Waals surface area contributed by atoms with E-state index >= 15 is 0 Å². The minimum atomic E-state index is -0.999. The van der Waals surface area contributed by atoms with E-state index in [-0.39, 0.29) is 24.5 Å². The summed E-state index contributed by atoms with van der Waals surface area (Å²) < 4.78 is 10.7. The first-order valence-electron chi connectivity index (χ1n) is 11.0. The summed E-state index contributed by atoms with van der Waals surface area (Å²) in [5, 5.41) is 12.8. The maximum Gasteiger partial charge on any atom is 0.326 e. The van der Waals surface area contributed by atoms with Crippen LogP contribution in [0.1, 0.15) is 38.7 Å². The lowest BCUT2D eigenvalue weighted by Gasteiger charge is -2.35. The second-order valence-corrected chi connectivity index (χ2v) is 8.24. The van der Waals surface area contributed by atoms with Crippen LogP contribution in [0.25, 0.3) is 0 Å². The first-order chi connectivity index (χ1) is 14.9. The summed E-state index contributed by atoms with van der Waals surface area (Å²) in [5.41, 5.74) is 1.09. The number of rotatable bonds is 9. The zero-order chi connectivity index (χ0) is 22.4. The van der Waals surface area contributed by atoms with Gasteiger partial charge in [0.25, 0.3) is 0 Å². The van der Waals surface area contributed by atoms with Gasteiger partial charge in [-0.1, -0.05) is 30.3 Å². The first kappa shape index (κ1) is 23.2. The fourth-order valence-electron chi connectivity index (χ4n) is 4.58. The number of likely N-dealkylation sites (tertiary alicyclic amines) is 1. The number of carbonyl (C=O) groups is 3. The zero-order valence-corrected chi connectivity index (χ0v) is 18.2. The van der Waals surface area contributed by atoms with Gasteiger partial charge in [-0.25, -0.2) is 4.79 Å². The summed E-state index contributed by atoms with van der Waals surface area (Å²) in [7, 11) is 0. The Bertz CT molecular complexity index is 771. The van der Waals surface area contributed by atoms with Crippen molar-refractivity contribution in [2.24, 2.45) is 5.92 Å². The molecule has 2 N–H and O–H groups in total. The summed E-state index contributed by atoms with van der Waals surface area (Å²) in [6.45, 7) is 4.60. The first-order valence-corrected chi connectivity index (χ1v) is 11.0. The Kier molecular flexibility index (Phi) is 8.03. The number of nitrogens with zero attached hydrogens (tertiary/aromatic N) is 1. The van der Waals surface area contributed by atoms with E-state index in [2.05, 4.69) is 5.32 Å². The van der Waals surface area contributed by atoms with Crippen LogP contribution in [0.2, 0.25) is 0 Å². The molecule has 5 atom stereocenters. The van der Waals surface area contributed by atoms with Crippen molar-refractivity contribution >= 4 is 17.8 Å². The van der Waals surface area contributed by atoms with Crippen LogP contribution < -0.4 is 5.32 Å². The highest BCUT2D eigenvalue weighted by Crippen LogP contribution is 2.35. The fourth-order valence-corrected chi connectivity index (χ4v) is 4.58. The Balaban J connectivity index is 1.70. The highest BCUT2D eigenvalue weighted by atomic mass is 16.5. The van der Waals surface area contributed by atoms with Gasteiger partial charge in [0.1, 0.15) is 12.1 Å². The number of carboxylic acid groups (broad SMARTS) is 1. The third-order valence-corrected chi connectivity index (χ3v) is 6.18. The average molecular weight is 433 g/mol. The second kappa shape index (κ2) is 10.7. The van der Waals surface area contributed by atoms with Gasteiger partial charge in [0.15, 0.2) is 0 Å². The van der Waals surface area contributed by atoms with Crippen LogP contribution in [0.4, 0.5) is 0 Å². The number of carbonyl (C=O) groups excluding carboxylic acids is 2. The van der Waals surface area contributed by atoms with E-state index in [4.69, 9.17) is 9.47 Å². The smallest absolute Gasteiger partial charge is 0.326 e. The fraction of sp³-hybridized carbons (Fsp3) is 0.609. The number of benzene rings is 1. The van der Waals surface area contributed by atoms with Gasteiger partial charge in [-0.05, 0) is 51.0 Å². The monoisotopic (exact) mass is 432 g/mol. The molecule has 8 nitrogen and oxygen atoms in total. The van der Waals surface area contributed by atoms with Crippen LogP contribution in [0, 0.1) is 5.92 Å². The number of carboxylic acids is 1. The highest BCUT2D eigenvalue weighted by Gasteiger charge is 2.49. The Morgan fingerprint density at radius 2 is 2.03 bits per heavy atom. The Labute approximate surface area is 182 Å². The predicted octanol–water partition coefficient (Wildman–Crippen LogP) is 1.62. The van der Waals surface area contributed by atoms with Crippen LogP contribution in [-0.4, -0.2) is 71.8 Å². The van der Waals surface area contributed by atoms with E-state index in [1.165, 1.54) is 4.90 Å². The summed E-state index contributed by atoms with van der Waals surface area (Å²) in [6, 6.07) is 7.30. The lowest BCUT2D eigenvalue weighted by atomic mass is 9.94. The number of aliphatic carboxylic acids is 1. The van der Waals surface area contributed by atoms with Gasteiger partial charge >= 0.3 is 11.9 Å². The Morgan fingerprint density at radius 3 is 2.71 bits per heavy atom. The summed E-state index contributed by atoms with van der Waals surface area (Å²) in [5.74, 6) is -1.60. The lowest BCUT2D eigenvalue weighted by molar-refractivity contribution is -0.153. The molecule has 0 radical (unpaired) electrons. The number of hydrogen-bond acceptors (Lipinski definition) is 6. The molecular weight excluding hydrogens is 400 g/mol. The minimum Gasteiger partial charge on any atom is -0.480 e. The van der Waals surface area contributed by atoms with Crippen molar-refractivity contribution in [3.8, 4) is 0 Å². The largest absolute Gasteiger partial charge is 0.480 e. The maximum absolute atomic E-state index is 13.3. The number of nitrogens with one attached hydrogen (secondary N) is 1. The standard InChI is InChI=1S/C23H32N2O6/c1-3-31-23(29)18(10-9-16-7-5-4-6-8-16)24-15(2)21(26)25-19(22(27)28)13-17-11-12-30-14-20(17)25/h4-8,15,17-20,24H,3,9-14H2,1-2H3,(H,27,28)/t15?,17?,18-,19-,20?/m0/s1. The second-order valence-electron chi connectivity index (χ2n) is 8.24. The molecule has 2 saturated heterocycles. The third-order valence-electron chi connectivity index (χ3n) is 6.18. The lowest BCUT2D eigenvalue weighted by Crippen LogP contribution is -2.56. The number of esters is 1. The van der Waals surface area contributed by atoms with Crippen molar-refractivity contribution in [2.45, 2.75) is 63.7 Å². The van der Waals surface area contributed by atoms with Crippen LogP contribution in [0.3, 0.4) is 0 Å². The quantitative estimate of drug-likeness (QED) is 0.571. The minimum absolute atomic E-state index is 0.130. The molecule has 0 aliphatic carbocycles. The molecule has 2 heterocycles. The number of ether oxygens (including phenoxy) is 2. The number of hydrogen-bond donors (Lipinski definition) is 2. The van der Waals surface area contributed by atoms with Crippen molar-refractivity contribution in [1.82, 2.24) is 10.2 Å². The maximum atomic E-state index is 13.3. The van der Waals surface area contributed by atoms with E-state index in [0.29, 0.717) is 32.5 Å². The molecule has 1 aromatic carbocycles. The normalized spacial score (nSPS) is 24.8. The van der Waals surface area contributed by atoms with Gasteiger partial charge < -0.3 is 19.5 Å². The van der Waals surface area contributed by atoms with E-state index in [9.17, 15) is 19.5 Å². The number of fused-ring (bicyclic) bond motifs is 1. The highest BCUT2D eigenvalue weighted by molar-refractivity contribution is 5.88. The van der Waals surface area contributed by atoms with Crippen molar-refractivity contribution in [3.05, 3.63) is 35.9 Å². The van der Waals surface area contributed by atoms with Crippen LogP contribution >= 0.6 is 0 Å². The molecule has 170 valence electrons. The SMILES string of the molecule is CCOC(=O)[C@H](CCc1ccccc1)NC(C)C(=O)N1C2COCCC2C[C@H]1C(=O)O. The Hall–Kier alpha value is -2.45. The van der Waals surface area contributed by atoms with Gasteiger partial charge in [-0.3, -0.25) is 14.9 Å². The molecule has 1 aromatic rings. The van der Waals surface area contributed by atoms with Gasteiger partial charge in [0.05, 0.1) is 25.3 Å². The summed E-state index contributed by atoms with van der Waals surface area (Å²) >= 11 is 0. The van der Waals surface area contributed by atoms with Crippen molar-refractivity contribution in [3.63, 3.8) is 0 Å². The average Bonchev–Trinajstić information content (AvgIpc) is 3.16. The molecule has 1 amide bonds. The molecule has 0 saturated carbocycles. The van der Waals surface area contributed by atoms with E-state index in [0.717, 1.165) is 12.0 Å². The number of aryl methyl sites for hydroxylation is 1. The van der Waals surface area contributed by atoms with E-state index in [1.807, 2.05) is 30.3 Å². The topological polar surface area (TPSA) is 105 Å². The number of amides is 1. The van der Waals surface area contributed by atoms with Crippen molar-refractivity contribution < 1.29 is 29.0 Å². The molecule has 3 rings (SSSR count). The molecule has 0 aromatic heterocycles. The third kappa shape index (κ3) is 5.62. The summed E-state index contributed by atoms with van der Waals surface area (Å²) in [6.07, 6.45) is 2.32. The van der Waals surface area contributed by atoms with Crippen molar-refractivity contribution in [1.29, 1.82) is 0 Å². The summed E-state index contributed by atoms with van der Waals surface area (Å²) in [4.78, 5) is 39.1. The molecule has 0 bridgehead atoms. The molecular formula is C23H32N2O6. The zero-order valence-electron chi connectivity index (χ0n) is 18.2. The van der Waals surface area contributed by atoms with E-state index in [1.54, 1.807) is 13.8 Å².